The molecule has 3 aliphatic rings. The van der Waals surface area contributed by atoms with Crippen LogP contribution in [0.3, 0.4) is 0 Å². The molecule has 2 saturated carbocycles. The van der Waals surface area contributed by atoms with E-state index in [-0.39, 0.29) is 18.0 Å². The number of carbonyl (C=O) groups is 2. The molecule has 3 amide bonds. The Morgan fingerprint density at radius 2 is 1.80 bits per heavy atom. The van der Waals surface area contributed by atoms with Gasteiger partial charge >= 0.3 is 6.03 Å². The number of imide groups is 1. The maximum Gasteiger partial charge on any atom is 0.325 e. The predicted molar refractivity (Wildman–Crippen MR) is 54.2 cm³/mol. The number of rotatable bonds is 1. The number of carbonyl (C=O) groups excluding carboxylic acids is 2. The Balaban J connectivity index is 1.83. The Morgan fingerprint density at radius 1 is 1.13 bits per heavy atom. The van der Waals surface area contributed by atoms with Gasteiger partial charge in [0.25, 0.3) is 5.91 Å². The number of nitrogens with zero attached hydrogens (tertiary/aromatic N) is 1. The summed E-state index contributed by atoms with van der Waals surface area (Å²) in [6, 6.07) is 0.0316. The number of hydrogen-bond donors (Lipinski definition) is 1. The third-order valence-corrected chi connectivity index (χ3v) is 4.09. The first-order chi connectivity index (χ1) is 7.23. The maximum atomic E-state index is 12.1. The number of amides is 3. The van der Waals surface area contributed by atoms with Crippen LogP contribution in [0.25, 0.3) is 0 Å². The van der Waals surface area contributed by atoms with Gasteiger partial charge in [-0.1, -0.05) is 12.8 Å². The summed E-state index contributed by atoms with van der Waals surface area (Å²) in [5.41, 5.74) is -0.486. The lowest BCUT2D eigenvalue weighted by Gasteiger charge is -2.35. The normalized spacial score (nSPS) is 29.7. The number of urea groups is 1. The van der Waals surface area contributed by atoms with E-state index in [2.05, 4.69) is 5.32 Å². The Hall–Kier alpha value is -1.06. The minimum absolute atomic E-state index is 0.0469. The second-order valence-corrected chi connectivity index (χ2v) is 4.98. The van der Waals surface area contributed by atoms with Gasteiger partial charge in [-0.05, 0) is 32.1 Å². The van der Waals surface area contributed by atoms with Gasteiger partial charge in [0.1, 0.15) is 5.54 Å². The molecule has 2 aliphatic carbocycles. The second-order valence-electron chi connectivity index (χ2n) is 4.98. The van der Waals surface area contributed by atoms with E-state index in [1.807, 2.05) is 0 Å². The molecule has 3 fully saturated rings. The van der Waals surface area contributed by atoms with Crippen LogP contribution < -0.4 is 5.32 Å². The molecule has 0 radical (unpaired) electrons. The molecule has 0 aromatic carbocycles. The van der Waals surface area contributed by atoms with Crippen molar-refractivity contribution in [2.75, 3.05) is 0 Å². The minimum Gasteiger partial charge on any atom is -0.323 e. The first-order valence-electron chi connectivity index (χ1n) is 5.89. The van der Waals surface area contributed by atoms with E-state index in [0.29, 0.717) is 0 Å². The smallest absolute Gasteiger partial charge is 0.323 e. The van der Waals surface area contributed by atoms with Crippen molar-refractivity contribution >= 4 is 11.9 Å². The molecule has 1 spiro atoms. The van der Waals surface area contributed by atoms with Crippen molar-refractivity contribution in [2.24, 2.45) is 0 Å². The molecule has 4 nitrogen and oxygen atoms in total. The summed E-state index contributed by atoms with van der Waals surface area (Å²) in [4.78, 5) is 25.4. The van der Waals surface area contributed by atoms with Crippen molar-refractivity contribution in [1.29, 1.82) is 0 Å². The van der Waals surface area contributed by atoms with Gasteiger partial charge in [-0.15, -0.1) is 0 Å². The SMILES string of the molecule is O=C1NC2(CCC2)C(=O)N1C1CCCC1. The molecular weight excluding hydrogens is 192 g/mol. The van der Waals surface area contributed by atoms with Gasteiger partial charge in [0, 0.05) is 6.04 Å². The van der Waals surface area contributed by atoms with Gasteiger partial charge in [0.15, 0.2) is 0 Å². The zero-order chi connectivity index (χ0) is 10.5. The van der Waals surface area contributed by atoms with Crippen molar-refractivity contribution in [2.45, 2.75) is 56.5 Å². The quantitative estimate of drug-likeness (QED) is 0.662. The Kier molecular flexibility index (Phi) is 1.82. The Morgan fingerprint density at radius 3 is 2.27 bits per heavy atom. The van der Waals surface area contributed by atoms with Crippen LogP contribution in [0.4, 0.5) is 4.79 Å². The molecule has 82 valence electrons. The molecule has 15 heavy (non-hydrogen) atoms. The molecular formula is C11H16N2O2. The molecule has 1 N–H and O–H groups in total. The summed E-state index contributed by atoms with van der Waals surface area (Å²) in [6.45, 7) is 0. The van der Waals surface area contributed by atoms with E-state index in [4.69, 9.17) is 0 Å². The van der Waals surface area contributed by atoms with E-state index in [1.54, 1.807) is 0 Å². The van der Waals surface area contributed by atoms with Crippen LogP contribution in [0, 0.1) is 0 Å². The van der Waals surface area contributed by atoms with Crippen molar-refractivity contribution in [3.8, 4) is 0 Å². The summed E-state index contributed by atoms with van der Waals surface area (Å²) in [7, 11) is 0. The van der Waals surface area contributed by atoms with Crippen LogP contribution in [0.15, 0.2) is 0 Å². The molecule has 0 unspecified atom stereocenters. The lowest BCUT2D eigenvalue weighted by Crippen LogP contribution is -2.53. The monoisotopic (exact) mass is 208 g/mol. The molecule has 1 saturated heterocycles. The fourth-order valence-electron chi connectivity index (χ4n) is 3.00. The first-order valence-corrected chi connectivity index (χ1v) is 5.89. The van der Waals surface area contributed by atoms with Crippen LogP contribution in [0.1, 0.15) is 44.9 Å². The zero-order valence-electron chi connectivity index (χ0n) is 8.79. The summed E-state index contributed by atoms with van der Waals surface area (Å²) in [5.74, 6) is 0.0469. The van der Waals surface area contributed by atoms with Crippen molar-refractivity contribution in [3.05, 3.63) is 0 Å². The minimum atomic E-state index is -0.486. The van der Waals surface area contributed by atoms with Crippen LogP contribution in [0.5, 0.6) is 0 Å². The highest BCUT2D eigenvalue weighted by Gasteiger charge is 2.56. The van der Waals surface area contributed by atoms with Gasteiger partial charge in [-0.3, -0.25) is 9.69 Å². The average molecular weight is 208 g/mol. The fourth-order valence-corrected chi connectivity index (χ4v) is 3.00. The van der Waals surface area contributed by atoms with Crippen molar-refractivity contribution in [3.63, 3.8) is 0 Å². The highest BCUT2D eigenvalue weighted by Crippen LogP contribution is 2.39. The lowest BCUT2D eigenvalue weighted by molar-refractivity contribution is -0.135. The number of hydrogen-bond acceptors (Lipinski definition) is 2. The standard InChI is InChI=1S/C11H16N2O2/c14-9-11(6-3-7-11)12-10(15)13(9)8-4-1-2-5-8/h8H,1-7H2,(H,12,15). The lowest BCUT2D eigenvalue weighted by atomic mass is 9.77. The van der Waals surface area contributed by atoms with Crippen LogP contribution >= 0.6 is 0 Å². The van der Waals surface area contributed by atoms with Gasteiger partial charge in [0.2, 0.25) is 0 Å². The first kappa shape index (κ1) is 9.19. The van der Waals surface area contributed by atoms with Crippen LogP contribution in [0.2, 0.25) is 0 Å². The number of nitrogens with one attached hydrogen (secondary N) is 1. The zero-order valence-corrected chi connectivity index (χ0v) is 8.79. The van der Waals surface area contributed by atoms with E-state index in [1.165, 1.54) is 4.90 Å². The second kappa shape index (κ2) is 2.97. The summed E-state index contributed by atoms with van der Waals surface area (Å²) in [5, 5.41) is 2.88. The highest BCUT2D eigenvalue weighted by molar-refractivity contribution is 6.07. The molecule has 0 bridgehead atoms. The van der Waals surface area contributed by atoms with Gasteiger partial charge < -0.3 is 5.32 Å². The Labute approximate surface area is 89.0 Å². The van der Waals surface area contributed by atoms with Gasteiger partial charge in [-0.2, -0.15) is 0 Å². The van der Waals surface area contributed by atoms with Crippen LogP contribution in [-0.2, 0) is 4.79 Å². The third kappa shape index (κ3) is 1.13. The average Bonchev–Trinajstić information content (AvgIpc) is 2.70. The molecule has 4 heteroatoms. The largest absolute Gasteiger partial charge is 0.325 e. The third-order valence-electron chi connectivity index (χ3n) is 4.09. The van der Waals surface area contributed by atoms with Crippen molar-refractivity contribution < 1.29 is 9.59 Å². The van der Waals surface area contributed by atoms with E-state index < -0.39 is 5.54 Å². The fraction of sp³-hybridized carbons (Fsp3) is 0.818. The van der Waals surface area contributed by atoms with E-state index in [0.717, 1.165) is 44.9 Å². The summed E-state index contributed by atoms with van der Waals surface area (Å²) in [6.07, 6.45) is 7.01. The summed E-state index contributed by atoms with van der Waals surface area (Å²) < 4.78 is 0. The molecule has 3 rings (SSSR count). The molecule has 1 aliphatic heterocycles. The molecule has 0 atom stereocenters. The molecule has 1 heterocycles. The van der Waals surface area contributed by atoms with Crippen LogP contribution in [-0.4, -0.2) is 28.4 Å². The highest BCUT2D eigenvalue weighted by atomic mass is 16.2. The predicted octanol–water partition coefficient (Wildman–Crippen LogP) is 1.40. The summed E-state index contributed by atoms with van der Waals surface area (Å²) >= 11 is 0. The topological polar surface area (TPSA) is 49.4 Å². The Bertz CT molecular complexity index is 317. The maximum absolute atomic E-state index is 12.1. The molecule has 0 aromatic rings. The van der Waals surface area contributed by atoms with Crippen molar-refractivity contribution in [1.82, 2.24) is 10.2 Å². The van der Waals surface area contributed by atoms with Gasteiger partial charge in [-0.25, -0.2) is 4.79 Å². The van der Waals surface area contributed by atoms with E-state index in [9.17, 15) is 9.59 Å². The van der Waals surface area contributed by atoms with Gasteiger partial charge in [0.05, 0.1) is 0 Å². The molecule has 0 aromatic heterocycles. The van der Waals surface area contributed by atoms with E-state index >= 15 is 0 Å².